The molecule has 0 aromatic heterocycles. The Morgan fingerprint density at radius 2 is 2.00 bits per heavy atom. The molecular formula is C14H19FN2O3S. The molecule has 1 aromatic rings. The van der Waals surface area contributed by atoms with Crippen LogP contribution in [0.2, 0.25) is 0 Å². The fraction of sp³-hybridized carbons (Fsp3) is 0.500. The van der Waals surface area contributed by atoms with E-state index in [2.05, 4.69) is 5.32 Å². The molecule has 2 atom stereocenters. The number of piperazine rings is 1. The van der Waals surface area contributed by atoms with Crippen LogP contribution in [0.5, 0.6) is 0 Å². The van der Waals surface area contributed by atoms with E-state index in [0.717, 1.165) is 12.1 Å². The maximum absolute atomic E-state index is 12.9. The zero-order valence-corrected chi connectivity index (χ0v) is 12.9. The van der Waals surface area contributed by atoms with Gasteiger partial charge in [0.05, 0.1) is 4.90 Å². The van der Waals surface area contributed by atoms with Gasteiger partial charge >= 0.3 is 0 Å². The molecule has 1 aliphatic rings. The molecule has 7 heteroatoms. The smallest absolute Gasteiger partial charge is 0.241 e. The third-order valence-electron chi connectivity index (χ3n) is 3.64. The van der Waals surface area contributed by atoms with Gasteiger partial charge in [0.15, 0.2) is 9.84 Å². The fourth-order valence-corrected chi connectivity index (χ4v) is 3.69. The molecule has 2 rings (SSSR count). The average Bonchev–Trinajstić information content (AvgIpc) is 2.46. The van der Waals surface area contributed by atoms with Crippen LogP contribution in [0.1, 0.15) is 13.8 Å². The normalized spacial score (nSPS) is 21.1. The highest BCUT2D eigenvalue weighted by Gasteiger charge is 2.34. The van der Waals surface area contributed by atoms with Gasteiger partial charge < -0.3 is 10.2 Å². The van der Waals surface area contributed by atoms with Gasteiger partial charge in [-0.15, -0.1) is 0 Å². The van der Waals surface area contributed by atoms with Gasteiger partial charge in [0.25, 0.3) is 0 Å². The SMILES string of the molecule is C[C@H]1CN(C(=O)[C@H](C)S(=O)(=O)c2ccc(F)cc2)CCN1. The number of nitrogens with zero attached hydrogens (tertiary/aromatic N) is 1. The minimum absolute atomic E-state index is 0.0343. The Kier molecular flexibility index (Phi) is 4.63. The summed E-state index contributed by atoms with van der Waals surface area (Å²) in [6.07, 6.45) is 0. The second-order valence-electron chi connectivity index (χ2n) is 5.28. The molecule has 0 spiro atoms. The van der Waals surface area contributed by atoms with Gasteiger partial charge in [-0.25, -0.2) is 12.8 Å². The first-order valence-electron chi connectivity index (χ1n) is 6.84. The van der Waals surface area contributed by atoms with Crippen molar-refractivity contribution in [1.82, 2.24) is 10.2 Å². The van der Waals surface area contributed by atoms with Gasteiger partial charge in [-0.2, -0.15) is 0 Å². The van der Waals surface area contributed by atoms with E-state index in [0.29, 0.717) is 19.6 Å². The first kappa shape index (κ1) is 15.9. The molecule has 0 bridgehead atoms. The summed E-state index contributed by atoms with van der Waals surface area (Å²) < 4.78 is 37.7. The minimum atomic E-state index is -3.80. The van der Waals surface area contributed by atoms with Gasteiger partial charge in [0.1, 0.15) is 11.1 Å². The summed E-state index contributed by atoms with van der Waals surface area (Å²) in [5.74, 6) is -0.920. The lowest BCUT2D eigenvalue weighted by Gasteiger charge is -2.33. The average molecular weight is 314 g/mol. The molecule has 0 saturated carbocycles. The lowest BCUT2D eigenvalue weighted by molar-refractivity contribution is -0.131. The number of benzene rings is 1. The summed E-state index contributed by atoms with van der Waals surface area (Å²) in [5, 5.41) is 2.02. The molecule has 1 fully saturated rings. The van der Waals surface area contributed by atoms with Crippen LogP contribution in [-0.4, -0.2) is 50.2 Å². The highest BCUT2D eigenvalue weighted by atomic mass is 32.2. The van der Waals surface area contributed by atoms with Crippen LogP contribution in [0.3, 0.4) is 0 Å². The number of hydrogen-bond donors (Lipinski definition) is 1. The summed E-state index contributed by atoms with van der Waals surface area (Å²) in [5.41, 5.74) is 0. The number of hydrogen-bond acceptors (Lipinski definition) is 4. The van der Waals surface area contributed by atoms with Crippen molar-refractivity contribution in [3.8, 4) is 0 Å². The van der Waals surface area contributed by atoms with Crippen molar-refractivity contribution in [3.63, 3.8) is 0 Å². The third-order valence-corrected chi connectivity index (χ3v) is 5.70. The van der Waals surface area contributed by atoms with E-state index in [1.54, 1.807) is 4.90 Å². The summed E-state index contributed by atoms with van der Waals surface area (Å²) in [6.45, 7) is 4.96. The molecular weight excluding hydrogens is 295 g/mol. The van der Waals surface area contributed by atoms with E-state index in [1.165, 1.54) is 19.1 Å². The Morgan fingerprint density at radius 3 is 2.57 bits per heavy atom. The van der Waals surface area contributed by atoms with E-state index in [4.69, 9.17) is 0 Å². The number of carbonyl (C=O) groups is 1. The zero-order valence-electron chi connectivity index (χ0n) is 12.0. The van der Waals surface area contributed by atoms with Crippen molar-refractivity contribution in [1.29, 1.82) is 0 Å². The molecule has 0 unspecified atom stereocenters. The molecule has 1 saturated heterocycles. The van der Waals surface area contributed by atoms with Crippen LogP contribution in [0, 0.1) is 5.82 Å². The molecule has 5 nitrogen and oxygen atoms in total. The van der Waals surface area contributed by atoms with Crippen LogP contribution in [0.4, 0.5) is 4.39 Å². The van der Waals surface area contributed by atoms with Gasteiger partial charge in [0, 0.05) is 25.7 Å². The summed E-state index contributed by atoms with van der Waals surface area (Å²) in [4.78, 5) is 13.9. The molecule has 1 heterocycles. The van der Waals surface area contributed by atoms with Gasteiger partial charge in [-0.3, -0.25) is 4.79 Å². The monoisotopic (exact) mass is 314 g/mol. The van der Waals surface area contributed by atoms with Crippen LogP contribution in [0.15, 0.2) is 29.2 Å². The molecule has 1 aliphatic heterocycles. The Morgan fingerprint density at radius 1 is 1.38 bits per heavy atom. The van der Waals surface area contributed by atoms with Crippen molar-refractivity contribution < 1.29 is 17.6 Å². The number of halogens is 1. The van der Waals surface area contributed by atoms with E-state index < -0.39 is 26.8 Å². The highest BCUT2D eigenvalue weighted by Crippen LogP contribution is 2.18. The van der Waals surface area contributed by atoms with Gasteiger partial charge in [-0.05, 0) is 38.1 Å². The quantitative estimate of drug-likeness (QED) is 0.839. The topological polar surface area (TPSA) is 66.5 Å². The van der Waals surface area contributed by atoms with Crippen LogP contribution in [0.25, 0.3) is 0 Å². The second kappa shape index (κ2) is 6.11. The summed E-state index contributed by atoms with van der Waals surface area (Å²) in [7, 11) is -3.80. The van der Waals surface area contributed by atoms with Crippen LogP contribution >= 0.6 is 0 Å². The summed E-state index contributed by atoms with van der Waals surface area (Å²) >= 11 is 0. The first-order chi connectivity index (χ1) is 9.82. The summed E-state index contributed by atoms with van der Waals surface area (Å²) in [6, 6.07) is 4.68. The lowest BCUT2D eigenvalue weighted by atomic mass is 10.2. The standard InChI is InChI=1S/C14H19FN2O3S/c1-10-9-17(8-7-16-10)14(18)11(2)21(19,20)13-5-3-12(15)4-6-13/h3-6,10-11,16H,7-9H2,1-2H3/t10-,11-/m0/s1. The Bertz CT molecular complexity index is 616. The Hall–Kier alpha value is -1.47. The largest absolute Gasteiger partial charge is 0.339 e. The lowest BCUT2D eigenvalue weighted by Crippen LogP contribution is -2.54. The number of rotatable bonds is 3. The molecule has 116 valence electrons. The first-order valence-corrected chi connectivity index (χ1v) is 8.38. The number of amides is 1. The van der Waals surface area contributed by atoms with Crippen molar-refractivity contribution in [2.75, 3.05) is 19.6 Å². The third kappa shape index (κ3) is 3.41. The predicted octanol–water partition coefficient (Wildman–Crippen LogP) is 0.808. The van der Waals surface area contributed by atoms with Gasteiger partial charge in [0.2, 0.25) is 5.91 Å². The number of nitrogens with one attached hydrogen (secondary N) is 1. The zero-order chi connectivity index (χ0) is 15.6. The Labute approximate surface area is 124 Å². The Balaban J connectivity index is 2.19. The molecule has 1 amide bonds. The molecule has 0 aliphatic carbocycles. The van der Waals surface area contributed by atoms with Crippen molar-refractivity contribution in [2.45, 2.75) is 30.0 Å². The fourth-order valence-electron chi connectivity index (χ4n) is 2.35. The van der Waals surface area contributed by atoms with E-state index in [9.17, 15) is 17.6 Å². The van der Waals surface area contributed by atoms with Crippen LogP contribution in [-0.2, 0) is 14.6 Å². The predicted molar refractivity (Wildman–Crippen MR) is 77.1 cm³/mol. The second-order valence-corrected chi connectivity index (χ2v) is 7.55. The van der Waals surface area contributed by atoms with Crippen molar-refractivity contribution in [3.05, 3.63) is 30.1 Å². The van der Waals surface area contributed by atoms with Crippen molar-refractivity contribution >= 4 is 15.7 Å². The van der Waals surface area contributed by atoms with E-state index in [1.807, 2.05) is 6.92 Å². The van der Waals surface area contributed by atoms with E-state index >= 15 is 0 Å². The molecule has 21 heavy (non-hydrogen) atoms. The molecule has 0 radical (unpaired) electrons. The van der Waals surface area contributed by atoms with E-state index in [-0.39, 0.29) is 10.9 Å². The number of carbonyl (C=O) groups excluding carboxylic acids is 1. The highest BCUT2D eigenvalue weighted by molar-refractivity contribution is 7.92. The molecule has 1 aromatic carbocycles. The van der Waals surface area contributed by atoms with Crippen LogP contribution < -0.4 is 5.32 Å². The molecule has 1 N–H and O–H groups in total. The minimum Gasteiger partial charge on any atom is -0.339 e. The van der Waals surface area contributed by atoms with Crippen molar-refractivity contribution in [2.24, 2.45) is 0 Å². The maximum atomic E-state index is 12.9. The number of sulfone groups is 1. The van der Waals surface area contributed by atoms with Gasteiger partial charge in [-0.1, -0.05) is 0 Å². The maximum Gasteiger partial charge on any atom is 0.241 e.